The third-order valence-corrected chi connectivity index (χ3v) is 7.60. The Morgan fingerprint density at radius 2 is 1.88 bits per heavy atom. The molecule has 1 aromatic carbocycles. The van der Waals surface area contributed by atoms with Crippen LogP contribution in [0.4, 0.5) is 17.3 Å². The molecule has 178 valence electrons. The number of anilines is 3. The maximum absolute atomic E-state index is 4.96. The molecule has 2 aliphatic rings. The summed E-state index contributed by atoms with van der Waals surface area (Å²) in [6.07, 6.45) is 3.03. The summed E-state index contributed by atoms with van der Waals surface area (Å²) >= 11 is 1.86. The van der Waals surface area contributed by atoms with E-state index in [9.17, 15) is 0 Å². The normalized spacial score (nSPS) is 16.1. The fourth-order valence-corrected chi connectivity index (χ4v) is 5.71. The minimum atomic E-state index is 0.620. The highest BCUT2D eigenvalue weighted by Gasteiger charge is 2.19. The lowest BCUT2D eigenvalue weighted by Crippen LogP contribution is -2.44. The van der Waals surface area contributed by atoms with Crippen molar-refractivity contribution in [3.8, 4) is 10.6 Å². The van der Waals surface area contributed by atoms with E-state index in [0.29, 0.717) is 5.95 Å². The summed E-state index contributed by atoms with van der Waals surface area (Å²) in [6.45, 7) is 10.3. The summed E-state index contributed by atoms with van der Waals surface area (Å²) < 4.78 is 0. The molecule has 1 saturated heterocycles. The first-order valence-corrected chi connectivity index (χ1v) is 13.0. The molecular weight excluding hydrogens is 442 g/mol. The number of benzene rings is 1. The number of aromatic nitrogens is 3. The van der Waals surface area contributed by atoms with E-state index >= 15 is 0 Å². The molecule has 6 rings (SSSR count). The monoisotopic (exact) mass is 475 g/mol. The maximum Gasteiger partial charge on any atom is 0.229 e. The van der Waals surface area contributed by atoms with Crippen molar-refractivity contribution in [2.75, 3.05) is 50.0 Å². The van der Waals surface area contributed by atoms with Crippen LogP contribution in [0.15, 0.2) is 42.6 Å². The highest BCUT2D eigenvalue weighted by Crippen LogP contribution is 2.36. The fraction of sp³-hybridized carbons (Fsp3) is 0.385. The second-order valence-corrected chi connectivity index (χ2v) is 9.72. The molecule has 8 heteroatoms. The third-order valence-electron chi connectivity index (χ3n) is 6.36. The zero-order valence-electron chi connectivity index (χ0n) is 20.2. The Bertz CT molecular complexity index is 1230. The number of thiophene rings is 1. The minimum Gasteiger partial charge on any atom is -0.369 e. The lowest BCUT2D eigenvalue weighted by atomic mass is 10.1. The quantitative estimate of drug-likeness (QED) is 0.392. The number of nitrogens with one attached hydrogen (secondary N) is 3. The molecule has 34 heavy (non-hydrogen) atoms. The van der Waals surface area contributed by atoms with Crippen LogP contribution in [0.1, 0.15) is 24.3 Å². The molecule has 0 saturated carbocycles. The van der Waals surface area contributed by atoms with E-state index in [0.717, 1.165) is 68.1 Å². The van der Waals surface area contributed by atoms with E-state index in [2.05, 4.69) is 68.9 Å². The second kappa shape index (κ2) is 10.1. The van der Waals surface area contributed by atoms with Gasteiger partial charge in [0.15, 0.2) is 0 Å². The van der Waals surface area contributed by atoms with Gasteiger partial charge in [-0.3, -0.25) is 0 Å². The van der Waals surface area contributed by atoms with Crippen LogP contribution in [0.2, 0.25) is 0 Å². The molecule has 0 radical (unpaired) electrons. The van der Waals surface area contributed by atoms with Crippen molar-refractivity contribution in [1.82, 2.24) is 25.2 Å². The van der Waals surface area contributed by atoms with Crippen molar-refractivity contribution in [3.05, 3.63) is 53.0 Å². The van der Waals surface area contributed by atoms with Crippen molar-refractivity contribution in [1.29, 1.82) is 0 Å². The largest absolute Gasteiger partial charge is 0.369 e. The van der Waals surface area contributed by atoms with Crippen LogP contribution in [-0.2, 0) is 13.0 Å². The van der Waals surface area contributed by atoms with Crippen LogP contribution in [0.5, 0.6) is 0 Å². The average molecular weight is 476 g/mol. The molecule has 2 aliphatic heterocycles. The van der Waals surface area contributed by atoms with Gasteiger partial charge in [0, 0.05) is 67.1 Å². The van der Waals surface area contributed by atoms with Crippen LogP contribution >= 0.6 is 11.3 Å². The van der Waals surface area contributed by atoms with Gasteiger partial charge in [0.1, 0.15) is 5.65 Å². The third kappa shape index (κ3) is 4.66. The Balaban J connectivity index is 0.00000117. The summed E-state index contributed by atoms with van der Waals surface area (Å²) in [5.74, 6) is 0.620. The van der Waals surface area contributed by atoms with Crippen LogP contribution in [0, 0.1) is 0 Å². The number of hydrogen-bond acceptors (Lipinski definition) is 7. The van der Waals surface area contributed by atoms with Crippen molar-refractivity contribution in [2.45, 2.75) is 26.8 Å². The summed E-state index contributed by atoms with van der Waals surface area (Å²) in [4.78, 5) is 20.5. The van der Waals surface area contributed by atoms with E-state index in [1.807, 2.05) is 31.4 Å². The van der Waals surface area contributed by atoms with Gasteiger partial charge in [-0.1, -0.05) is 19.9 Å². The first kappa shape index (κ1) is 22.8. The maximum atomic E-state index is 4.96. The lowest BCUT2D eigenvalue weighted by molar-refractivity contribution is 0.313. The standard InChI is InChI=1S/C24H27N7S.C2H6/c1-30-9-11-31(12-10-30)18-4-2-3-17(14-18)27-24-28-22(19-5-8-26-23(19)29-24)21-13-16-15-25-7-6-20(16)32-21;1-2/h2-5,8,13-14,25H,6-7,9-12,15H2,1H3,(H2,26,27,28,29);1-2H3. The molecule has 7 nitrogen and oxygen atoms in total. The summed E-state index contributed by atoms with van der Waals surface area (Å²) in [5.41, 5.74) is 5.49. The van der Waals surface area contributed by atoms with Crippen LogP contribution in [-0.4, -0.2) is 59.6 Å². The molecule has 0 bridgehead atoms. The zero-order chi connectivity index (χ0) is 23.5. The summed E-state index contributed by atoms with van der Waals surface area (Å²) in [5, 5.41) is 7.99. The molecule has 1 fully saturated rings. The molecule has 0 aliphatic carbocycles. The molecular formula is C26H33N7S. The average Bonchev–Trinajstić information content (AvgIpc) is 3.52. The van der Waals surface area contributed by atoms with Crippen LogP contribution in [0.3, 0.4) is 0 Å². The predicted molar refractivity (Wildman–Crippen MR) is 143 cm³/mol. The smallest absolute Gasteiger partial charge is 0.229 e. The van der Waals surface area contributed by atoms with Crippen LogP contribution in [0.25, 0.3) is 21.6 Å². The number of likely N-dealkylation sites (N-methyl/N-ethyl adjacent to an activating group) is 1. The molecule has 0 spiro atoms. The number of piperazine rings is 1. The number of fused-ring (bicyclic) bond motifs is 2. The Hall–Kier alpha value is -2.94. The van der Waals surface area contributed by atoms with Crippen molar-refractivity contribution in [3.63, 3.8) is 0 Å². The number of H-pyrrole nitrogens is 1. The van der Waals surface area contributed by atoms with Gasteiger partial charge in [-0.2, -0.15) is 4.98 Å². The highest BCUT2D eigenvalue weighted by atomic mass is 32.1. The van der Waals surface area contributed by atoms with Crippen molar-refractivity contribution >= 4 is 39.7 Å². The Morgan fingerprint density at radius 3 is 2.71 bits per heavy atom. The van der Waals surface area contributed by atoms with E-state index < -0.39 is 0 Å². The zero-order valence-corrected chi connectivity index (χ0v) is 21.0. The summed E-state index contributed by atoms with van der Waals surface area (Å²) in [6, 6.07) is 12.9. The van der Waals surface area contributed by atoms with Gasteiger partial charge in [0.25, 0.3) is 0 Å². The molecule has 0 atom stereocenters. The summed E-state index contributed by atoms with van der Waals surface area (Å²) in [7, 11) is 2.18. The van der Waals surface area contributed by atoms with E-state index in [1.165, 1.54) is 21.0 Å². The van der Waals surface area contributed by atoms with E-state index in [1.54, 1.807) is 0 Å². The number of rotatable bonds is 4. The van der Waals surface area contributed by atoms with Crippen molar-refractivity contribution in [2.24, 2.45) is 0 Å². The number of hydrogen-bond donors (Lipinski definition) is 3. The topological polar surface area (TPSA) is 72.1 Å². The van der Waals surface area contributed by atoms with Gasteiger partial charge in [-0.05, 0) is 49.4 Å². The number of nitrogens with zero attached hydrogens (tertiary/aromatic N) is 4. The van der Waals surface area contributed by atoms with Gasteiger partial charge in [0.05, 0.1) is 10.6 Å². The van der Waals surface area contributed by atoms with Gasteiger partial charge >= 0.3 is 0 Å². The number of aromatic amines is 1. The Labute approximate surface area is 205 Å². The highest BCUT2D eigenvalue weighted by molar-refractivity contribution is 7.15. The van der Waals surface area contributed by atoms with Crippen molar-refractivity contribution < 1.29 is 0 Å². The minimum absolute atomic E-state index is 0.620. The molecule has 4 aromatic rings. The fourth-order valence-electron chi connectivity index (χ4n) is 4.53. The van der Waals surface area contributed by atoms with Crippen LogP contribution < -0.4 is 15.5 Å². The second-order valence-electron chi connectivity index (χ2n) is 8.59. The van der Waals surface area contributed by atoms with E-state index in [-0.39, 0.29) is 0 Å². The molecule has 0 amide bonds. The molecule has 0 unspecified atom stereocenters. The lowest BCUT2D eigenvalue weighted by Gasteiger charge is -2.34. The Morgan fingerprint density at radius 1 is 1.03 bits per heavy atom. The first-order chi connectivity index (χ1) is 16.7. The van der Waals surface area contributed by atoms with Gasteiger partial charge in [0.2, 0.25) is 5.95 Å². The van der Waals surface area contributed by atoms with Gasteiger partial charge in [-0.15, -0.1) is 11.3 Å². The van der Waals surface area contributed by atoms with E-state index in [4.69, 9.17) is 9.97 Å². The molecule has 3 aromatic heterocycles. The molecule has 5 heterocycles. The Kier molecular flexibility index (Phi) is 6.80. The molecule has 3 N–H and O–H groups in total. The predicted octanol–water partition coefficient (Wildman–Crippen LogP) is 4.85. The SMILES string of the molecule is CC.CN1CCN(c2cccc(Nc3nc(-c4cc5c(s4)CCNC5)c4cc[nH]c4n3)c2)CC1. The van der Waals surface area contributed by atoms with Gasteiger partial charge < -0.3 is 25.4 Å². The first-order valence-electron chi connectivity index (χ1n) is 12.2. The van der Waals surface area contributed by atoms with Gasteiger partial charge in [-0.25, -0.2) is 4.98 Å².